The lowest BCUT2D eigenvalue weighted by molar-refractivity contribution is -0.143. The molecule has 0 spiro atoms. The largest absolute Gasteiger partial charge is 0.478 e. The zero-order valence-electron chi connectivity index (χ0n) is 9.93. The Morgan fingerprint density at radius 3 is 1.70 bits per heavy atom. The maximum Gasteiger partial charge on any atom is 0.416 e. The van der Waals surface area contributed by atoms with E-state index in [1.54, 1.807) is 0 Å². The van der Waals surface area contributed by atoms with E-state index in [0.717, 1.165) is 13.0 Å². The second-order valence-electron chi connectivity index (χ2n) is 3.97. The van der Waals surface area contributed by atoms with Gasteiger partial charge in [-0.15, -0.1) is 0 Å². The summed E-state index contributed by atoms with van der Waals surface area (Å²) in [4.78, 5) is 10.6. The average Bonchev–Trinajstić information content (AvgIpc) is 2.26. The molecule has 1 aromatic carbocycles. The lowest BCUT2D eigenvalue weighted by atomic mass is 10.0. The van der Waals surface area contributed by atoms with E-state index in [1.165, 1.54) is 0 Å². The van der Waals surface area contributed by atoms with Gasteiger partial charge in [-0.2, -0.15) is 26.3 Å². The molecule has 8 heteroatoms. The van der Waals surface area contributed by atoms with Crippen LogP contribution in [0, 0.1) is 0 Å². The van der Waals surface area contributed by atoms with Gasteiger partial charge >= 0.3 is 18.3 Å². The summed E-state index contributed by atoms with van der Waals surface area (Å²) >= 11 is 0. The van der Waals surface area contributed by atoms with Crippen LogP contribution < -0.4 is 0 Å². The fourth-order valence-electron chi connectivity index (χ4n) is 1.37. The molecule has 0 bridgehead atoms. The van der Waals surface area contributed by atoms with Crippen molar-refractivity contribution in [2.75, 3.05) is 0 Å². The minimum atomic E-state index is -4.96. The van der Waals surface area contributed by atoms with Crippen molar-refractivity contribution >= 4 is 12.0 Å². The lowest BCUT2D eigenvalue weighted by Gasteiger charge is -2.13. The molecule has 1 N–H and O–H groups in total. The number of hydrogen-bond acceptors (Lipinski definition) is 1. The van der Waals surface area contributed by atoms with E-state index in [9.17, 15) is 31.1 Å². The van der Waals surface area contributed by atoms with Crippen molar-refractivity contribution in [2.24, 2.45) is 0 Å². The number of carboxylic acid groups (broad SMARTS) is 1. The Morgan fingerprint density at radius 1 is 1.00 bits per heavy atom. The van der Waals surface area contributed by atoms with Crippen molar-refractivity contribution < 1.29 is 36.2 Å². The number of carboxylic acids is 1. The van der Waals surface area contributed by atoms with Gasteiger partial charge in [0, 0.05) is 5.57 Å². The van der Waals surface area contributed by atoms with Crippen LogP contribution in [0.25, 0.3) is 6.08 Å². The van der Waals surface area contributed by atoms with Crippen LogP contribution in [0.1, 0.15) is 23.6 Å². The van der Waals surface area contributed by atoms with E-state index in [2.05, 4.69) is 0 Å². The highest BCUT2D eigenvalue weighted by Crippen LogP contribution is 2.36. The van der Waals surface area contributed by atoms with Crippen molar-refractivity contribution in [1.29, 1.82) is 0 Å². The minimum Gasteiger partial charge on any atom is -0.478 e. The van der Waals surface area contributed by atoms with Crippen molar-refractivity contribution in [3.05, 3.63) is 40.5 Å². The van der Waals surface area contributed by atoms with E-state index in [0.29, 0.717) is 12.1 Å². The first-order valence-electron chi connectivity index (χ1n) is 5.12. The van der Waals surface area contributed by atoms with E-state index in [1.807, 2.05) is 0 Å². The van der Waals surface area contributed by atoms with Gasteiger partial charge in [0.2, 0.25) is 0 Å². The number of hydrogen-bond donors (Lipinski definition) is 1. The van der Waals surface area contributed by atoms with Gasteiger partial charge < -0.3 is 5.11 Å². The maximum absolute atomic E-state index is 12.5. The summed E-state index contributed by atoms with van der Waals surface area (Å²) in [5, 5.41) is 8.59. The van der Waals surface area contributed by atoms with Crippen LogP contribution in [-0.2, 0) is 17.1 Å². The molecule has 1 rings (SSSR count). The molecule has 0 heterocycles. The summed E-state index contributed by atoms with van der Waals surface area (Å²) in [5.41, 5.74) is -3.84. The summed E-state index contributed by atoms with van der Waals surface area (Å²) in [5.74, 6) is -1.43. The van der Waals surface area contributed by atoms with Crippen LogP contribution >= 0.6 is 0 Å². The van der Waals surface area contributed by atoms with Crippen molar-refractivity contribution in [2.45, 2.75) is 19.3 Å². The number of alkyl halides is 6. The van der Waals surface area contributed by atoms with Crippen LogP contribution in [0.3, 0.4) is 0 Å². The first-order valence-corrected chi connectivity index (χ1v) is 5.12. The van der Waals surface area contributed by atoms with Crippen LogP contribution in [0.5, 0.6) is 0 Å². The Labute approximate surface area is 109 Å². The lowest BCUT2D eigenvalue weighted by Crippen LogP contribution is -2.11. The molecule has 0 aliphatic heterocycles. The summed E-state index contributed by atoms with van der Waals surface area (Å²) in [6, 6.07) is 0.900. The smallest absolute Gasteiger partial charge is 0.416 e. The van der Waals surface area contributed by atoms with Gasteiger partial charge in [-0.05, 0) is 36.8 Å². The van der Waals surface area contributed by atoms with Crippen LogP contribution in [0.15, 0.2) is 23.8 Å². The number of rotatable bonds is 2. The Kier molecular flexibility index (Phi) is 4.16. The van der Waals surface area contributed by atoms with E-state index in [-0.39, 0.29) is 11.6 Å². The molecule has 0 aromatic heterocycles. The molecule has 2 nitrogen and oxygen atoms in total. The fraction of sp³-hybridized carbons (Fsp3) is 0.250. The molecule has 0 unspecified atom stereocenters. The third-order valence-corrected chi connectivity index (χ3v) is 2.33. The standard InChI is InChI=1S/C12H8F6O2/c1-6(10(19)20)2-7-3-8(11(13,14)15)5-9(4-7)12(16,17)18/h2-5H,1H3,(H,19,20)/b6-2+. The van der Waals surface area contributed by atoms with Crippen molar-refractivity contribution in [3.8, 4) is 0 Å². The minimum absolute atomic E-state index is 0.0204. The Bertz CT molecular complexity index is 522. The van der Waals surface area contributed by atoms with Crippen LogP contribution in [-0.4, -0.2) is 11.1 Å². The number of aliphatic carboxylic acids is 1. The van der Waals surface area contributed by atoms with E-state index in [4.69, 9.17) is 5.11 Å². The Balaban J connectivity index is 3.47. The second-order valence-corrected chi connectivity index (χ2v) is 3.97. The molecule has 0 saturated heterocycles. The third-order valence-electron chi connectivity index (χ3n) is 2.33. The Hall–Kier alpha value is -1.99. The second kappa shape index (κ2) is 5.18. The summed E-state index contributed by atoms with van der Waals surface area (Å²) in [7, 11) is 0. The summed E-state index contributed by atoms with van der Waals surface area (Å²) in [6.07, 6.45) is -9.17. The molecule has 0 saturated carbocycles. The normalized spacial score (nSPS) is 13.4. The number of benzene rings is 1. The average molecular weight is 298 g/mol. The predicted molar refractivity (Wildman–Crippen MR) is 57.7 cm³/mol. The molecule has 0 radical (unpaired) electrons. The molecule has 0 aliphatic carbocycles. The highest BCUT2D eigenvalue weighted by molar-refractivity contribution is 5.91. The molecule has 20 heavy (non-hydrogen) atoms. The highest BCUT2D eigenvalue weighted by atomic mass is 19.4. The zero-order chi connectivity index (χ0) is 15.7. The number of carbonyl (C=O) groups is 1. The summed E-state index contributed by atoms with van der Waals surface area (Å²) < 4.78 is 75.2. The van der Waals surface area contributed by atoms with Crippen molar-refractivity contribution in [3.63, 3.8) is 0 Å². The molecule has 110 valence electrons. The van der Waals surface area contributed by atoms with Gasteiger partial charge in [0.25, 0.3) is 0 Å². The van der Waals surface area contributed by atoms with Gasteiger partial charge in [-0.1, -0.05) is 0 Å². The third kappa shape index (κ3) is 4.01. The molecular formula is C12H8F6O2. The highest BCUT2D eigenvalue weighted by Gasteiger charge is 2.36. The fourth-order valence-corrected chi connectivity index (χ4v) is 1.37. The quantitative estimate of drug-likeness (QED) is 0.656. The SMILES string of the molecule is C/C(=C\c1cc(C(F)(F)F)cc(C(F)(F)F)c1)C(=O)O. The molecule has 0 atom stereocenters. The van der Waals surface area contributed by atoms with Gasteiger partial charge in [-0.3, -0.25) is 0 Å². The van der Waals surface area contributed by atoms with Crippen molar-refractivity contribution in [1.82, 2.24) is 0 Å². The predicted octanol–water partition coefficient (Wildman–Crippen LogP) is 4.21. The Morgan fingerprint density at radius 2 is 1.40 bits per heavy atom. The van der Waals surface area contributed by atoms with Gasteiger partial charge in [0.05, 0.1) is 11.1 Å². The molecule has 0 fully saturated rings. The molecule has 0 aliphatic rings. The number of halogens is 6. The van der Waals surface area contributed by atoms with E-state index >= 15 is 0 Å². The molecular weight excluding hydrogens is 290 g/mol. The monoisotopic (exact) mass is 298 g/mol. The van der Waals surface area contributed by atoms with Gasteiger partial charge in [0.1, 0.15) is 0 Å². The van der Waals surface area contributed by atoms with Gasteiger partial charge in [-0.25, -0.2) is 4.79 Å². The van der Waals surface area contributed by atoms with Crippen LogP contribution in [0.4, 0.5) is 26.3 Å². The first-order chi connectivity index (χ1) is 8.91. The van der Waals surface area contributed by atoms with Crippen LogP contribution in [0.2, 0.25) is 0 Å². The summed E-state index contributed by atoms with van der Waals surface area (Å²) in [6.45, 7) is 1.07. The molecule has 1 aromatic rings. The topological polar surface area (TPSA) is 37.3 Å². The zero-order valence-corrected chi connectivity index (χ0v) is 9.93. The first kappa shape index (κ1) is 16.1. The van der Waals surface area contributed by atoms with Gasteiger partial charge in [0.15, 0.2) is 0 Å². The van der Waals surface area contributed by atoms with E-state index < -0.39 is 35.0 Å². The molecule has 0 amide bonds. The maximum atomic E-state index is 12.5.